The molecular formula is C35H36N2O5. The zero-order chi connectivity index (χ0) is 29.2. The molecule has 4 aromatic carbocycles. The summed E-state index contributed by atoms with van der Waals surface area (Å²) in [6, 6.07) is 30.8. The Labute approximate surface area is 246 Å². The van der Waals surface area contributed by atoms with Gasteiger partial charge in [0.25, 0.3) is 0 Å². The lowest BCUT2D eigenvalue weighted by Crippen LogP contribution is -2.60. The van der Waals surface area contributed by atoms with Gasteiger partial charge < -0.3 is 29.6 Å². The number of hydrogen-bond donors (Lipinski definition) is 2. The summed E-state index contributed by atoms with van der Waals surface area (Å²) in [6.07, 6.45) is 0. The quantitative estimate of drug-likeness (QED) is 0.272. The van der Waals surface area contributed by atoms with Crippen molar-refractivity contribution < 1.29 is 23.7 Å². The molecular weight excluding hydrogens is 528 g/mol. The van der Waals surface area contributed by atoms with Crippen LogP contribution in [0.1, 0.15) is 46.4 Å². The van der Waals surface area contributed by atoms with E-state index in [4.69, 9.17) is 18.9 Å². The molecule has 2 unspecified atom stereocenters. The SMILES string of the molecule is COc1cccc([C@H]2N[C@@H](c3cccc(OC)c3)C3C(=O)C2[C@H](c2cccc(OC)c2)N[C@@H]3c2cccc(OC)c2)c1. The van der Waals surface area contributed by atoms with Crippen LogP contribution in [-0.4, -0.2) is 34.2 Å². The Bertz CT molecular complexity index is 1350. The third kappa shape index (κ3) is 5.10. The summed E-state index contributed by atoms with van der Waals surface area (Å²) in [5.41, 5.74) is 3.98. The summed E-state index contributed by atoms with van der Waals surface area (Å²) in [5.74, 6) is 2.41. The predicted molar refractivity (Wildman–Crippen MR) is 161 cm³/mol. The highest BCUT2D eigenvalue weighted by molar-refractivity contribution is 5.89. The van der Waals surface area contributed by atoms with E-state index in [0.29, 0.717) is 0 Å². The van der Waals surface area contributed by atoms with Gasteiger partial charge in [-0.15, -0.1) is 0 Å². The number of Topliss-reactive ketones (excluding diaryl/α,β-unsaturated/α-hetero) is 1. The minimum absolute atomic E-state index is 0.203. The Morgan fingerprint density at radius 2 is 0.714 bits per heavy atom. The molecule has 0 aliphatic carbocycles. The predicted octanol–water partition coefficient (Wildman–Crippen LogP) is 5.99. The fourth-order valence-electron chi connectivity index (χ4n) is 6.62. The van der Waals surface area contributed by atoms with E-state index >= 15 is 0 Å². The van der Waals surface area contributed by atoms with Crippen molar-refractivity contribution in [2.75, 3.05) is 28.4 Å². The minimum atomic E-state index is -0.391. The maximum absolute atomic E-state index is 15.0. The van der Waals surface area contributed by atoms with Gasteiger partial charge in [-0.1, -0.05) is 48.5 Å². The summed E-state index contributed by atoms with van der Waals surface area (Å²) in [7, 11) is 6.64. The first-order valence-corrected chi connectivity index (χ1v) is 14.2. The number of methoxy groups -OCH3 is 4. The van der Waals surface area contributed by atoms with Gasteiger partial charge in [-0.25, -0.2) is 0 Å². The van der Waals surface area contributed by atoms with Crippen molar-refractivity contribution >= 4 is 5.78 Å². The van der Waals surface area contributed by atoms with Gasteiger partial charge >= 0.3 is 0 Å². The second-order valence-electron chi connectivity index (χ2n) is 10.8. The van der Waals surface area contributed by atoms with Crippen molar-refractivity contribution in [3.05, 3.63) is 119 Å². The van der Waals surface area contributed by atoms with Crippen molar-refractivity contribution in [3.63, 3.8) is 0 Å². The largest absolute Gasteiger partial charge is 0.497 e. The van der Waals surface area contributed by atoms with Gasteiger partial charge in [0.15, 0.2) is 0 Å². The second-order valence-corrected chi connectivity index (χ2v) is 10.8. The zero-order valence-corrected chi connectivity index (χ0v) is 24.2. The first-order valence-electron chi connectivity index (χ1n) is 14.2. The zero-order valence-electron chi connectivity index (χ0n) is 24.2. The highest BCUT2D eigenvalue weighted by Crippen LogP contribution is 2.52. The summed E-state index contributed by atoms with van der Waals surface area (Å²) < 4.78 is 22.3. The normalized spacial score (nSPS) is 25.0. The van der Waals surface area contributed by atoms with E-state index in [0.717, 1.165) is 45.3 Å². The molecule has 216 valence electrons. The molecule has 6 rings (SSSR count). The van der Waals surface area contributed by atoms with Gasteiger partial charge in [0.1, 0.15) is 28.8 Å². The molecule has 2 fully saturated rings. The first-order chi connectivity index (χ1) is 20.5. The van der Waals surface area contributed by atoms with Gasteiger partial charge in [-0.3, -0.25) is 4.79 Å². The van der Waals surface area contributed by atoms with Gasteiger partial charge in [0, 0.05) is 24.2 Å². The van der Waals surface area contributed by atoms with Crippen LogP contribution >= 0.6 is 0 Å². The third-order valence-corrected chi connectivity index (χ3v) is 8.62. The molecule has 0 amide bonds. The number of nitrogens with one attached hydrogen (secondary N) is 2. The number of fused-ring (bicyclic) bond motifs is 2. The number of carbonyl (C=O) groups is 1. The Morgan fingerprint density at radius 3 is 0.952 bits per heavy atom. The van der Waals surface area contributed by atoms with Crippen molar-refractivity contribution in [1.82, 2.24) is 10.6 Å². The van der Waals surface area contributed by atoms with Crippen LogP contribution in [0.15, 0.2) is 97.1 Å². The van der Waals surface area contributed by atoms with E-state index in [1.54, 1.807) is 28.4 Å². The van der Waals surface area contributed by atoms with E-state index in [1.807, 2.05) is 72.8 Å². The number of ketones is 1. The van der Waals surface area contributed by atoms with Crippen LogP contribution in [0.25, 0.3) is 0 Å². The van der Waals surface area contributed by atoms with E-state index < -0.39 is 11.8 Å². The monoisotopic (exact) mass is 564 g/mol. The molecule has 2 heterocycles. The van der Waals surface area contributed by atoms with Crippen LogP contribution in [0.4, 0.5) is 0 Å². The maximum atomic E-state index is 15.0. The molecule has 0 aromatic heterocycles. The lowest BCUT2D eigenvalue weighted by atomic mass is 9.64. The van der Waals surface area contributed by atoms with Crippen LogP contribution in [0.3, 0.4) is 0 Å². The molecule has 0 radical (unpaired) electrons. The molecule has 7 heteroatoms. The minimum Gasteiger partial charge on any atom is -0.497 e. The molecule has 2 aliphatic rings. The highest BCUT2D eigenvalue weighted by Gasteiger charge is 2.55. The lowest BCUT2D eigenvalue weighted by Gasteiger charge is -2.52. The highest BCUT2D eigenvalue weighted by atomic mass is 16.5. The number of piperidine rings is 2. The Kier molecular flexibility index (Phi) is 7.87. The molecule has 2 N–H and O–H groups in total. The molecule has 6 atom stereocenters. The third-order valence-electron chi connectivity index (χ3n) is 8.62. The van der Waals surface area contributed by atoms with Crippen molar-refractivity contribution in [1.29, 1.82) is 0 Å². The second kappa shape index (κ2) is 11.9. The summed E-state index contributed by atoms with van der Waals surface area (Å²) >= 11 is 0. The van der Waals surface area contributed by atoms with E-state index in [-0.39, 0.29) is 30.0 Å². The summed E-state index contributed by atoms with van der Waals surface area (Å²) in [4.78, 5) is 15.0. The Hall–Kier alpha value is -4.33. The summed E-state index contributed by atoms with van der Waals surface area (Å²) in [6.45, 7) is 0. The van der Waals surface area contributed by atoms with Crippen molar-refractivity contribution in [2.24, 2.45) is 11.8 Å². The van der Waals surface area contributed by atoms with Crippen LogP contribution in [0, 0.1) is 11.8 Å². The first kappa shape index (κ1) is 27.8. The van der Waals surface area contributed by atoms with E-state index in [2.05, 4.69) is 34.9 Å². The van der Waals surface area contributed by atoms with Crippen LogP contribution in [-0.2, 0) is 4.79 Å². The Balaban J connectivity index is 1.54. The van der Waals surface area contributed by atoms with Gasteiger partial charge in [0.05, 0.1) is 40.3 Å². The van der Waals surface area contributed by atoms with Gasteiger partial charge in [0.2, 0.25) is 0 Å². The smallest absolute Gasteiger partial charge is 0.146 e. The molecule has 2 bridgehead atoms. The van der Waals surface area contributed by atoms with E-state index in [1.165, 1.54) is 0 Å². The number of benzene rings is 4. The number of carbonyl (C=O) groups excluding carboxylic acids is 1. The average molecular weight is 565 g/mol. The number of rotatable bonds is 8. The van der Waals surface area contributed by atoms with E-state index in [9.17, 15) is 4.79 Å². The number of hydrogen-bond acceptors (Lipinski definition) is 7. The molecule has 4 aromatic rings. The topological polar surface area (TPSA) is 78.1 Å². The van der Waals surface area contributed by atoms with Crippen molar-refractivity contribution in [2.45, 2.75) is 24.2 Å². The fraction of sp³-hybridized carbons (Fsp3) is 0.286. The molecule has 0 saturated carbocycles. The fourth-order valence-corrected chi connectivity index (χ4v) is 6.62. The van der Waals surface area contributed by atoms with Crippen LogP contribution in [0.5, 0.6) is 23.0 Å². The maximum Gasteiger partial charge on any atom is 0.146 e. The molecule has 0 spiro atoms. The molecule has 2 aliphatic heterocycles. The standard InChI is InChI=1S/C35H36N2O5/c1-39-25-13-5-9-21(17-25)31-29-32(22-10-6-14-26(18-22)40-2)37-34(24-12-8-16-28(20-24)42-4)30(35(29)38)33(36-31)23-11-7-15-27(19-23)41-3/h5-20,29-34,36-37H,1-4H3/t29?,30?,31-,32+,33+,34-. The van der Waals surface area contributed by atoms with Crippen molar-refractivity contribution in [3.8, 4) is 23.0 Å². The molecule has 7 nitrogen and oxygen atoms in total. The van der Waals surface area contributed by atoms with Gasteiger partial charge in [-0.2, -0.15) is 0 Å². The molecule has 2 saturated heterocycles. The number of ether oxygens (including phenoxy) is 4. The average Bonchev–Trinajstić information content (AvgIpc) is 3.05. The van der Waals surface area contributed by atoms with Crippen LogP contribution < -0.4 is 29.6 Å². The lowest BCUT2D eigenvalue weighted by molar-refractivity contribution is -0.139. The van der Waals surface area contributed by atoms with Gasteiger partial charge in [-0.05, 0) is 70.8 Å². The van der Waals surface area contributed by atoms with Crippen LogP contribution in [0.2, 0.25) is 0 Å². The Morgan fingerprint density at radius 1 is 0.452 bits per heavy atom. The summed E-state index contributed by atoms with van der Waals surface area (Å²) in [5, 5.41) is 7.89. The molecule has 42 heavy (non-hydrogen) atoms.